The normalized spacial score (nSPS) is 11.7. The summed E-state index contributed by atoms with van der Waals surface area (Å²) in [5.41, 5.74) is 3.38. The highest BCUT2D eigenvalue weighted by Gasteiger charge is 2.16. The molecule has 4 rings (SSSR count). The van der Waals surface area contributed by atoms with Crippen molar-refractivity contribution in [2.45, 2.75) is 16.7 Å². The fourth-order valence-electron chi connectivity index (χ4n) is 3.26. The van der Waals surface area contributed by atoms with Crippen molar-refractivity contribution in [2.75, 3.05) is 9.44 Å². The van der Waals surface area contributed by atoms with Crippen molar-refractivity contribution >= 4 is 31.4 Å². The van der Waals surface area contributed by atoms with Crippen molar-refractivity contribution in [3.8, 4) is 11.1 Å². The van der Waals surface area contributed by atoms with Crippen molar-refractivity contribution in [1.29, 1.82) is 0 Å². The van der Waals surface area contributed by atoms with Gasteiger partial charge in [0, 0.05) is 5.69 Å². The summed E-state index contributed by atoms with van der Waals surface area (Å²) >= 11 is 0. The van der Waals surface area contributed by atoms with E-state index in [1.54, 1.807) is 60.7 Å². The second kappa shape index (κ2) is 9.09. The zero-order valence-corrected chi connectivity index (χ0v) is 19.4. The minimum Gasteiger partial charge on any atom is -0.280 e. The molecule has 0 aliphatic heterocycles. The van der Waals surface area contributed by atoms with Crippen molar-refractivity contribution in [3.05, 3.63) is 109 Å². The number of hydrogen-bond donors (Lipinski definition) is 2. The van der Waals surface area contributed by atoms with E-state index in [0.717, 1.165) is 16.7 Å². The lowest BCUT2D eigenvalue weighted by Crippen LogP contribution is -2.13. The van der Waals surface area contributed by atoms with Crippen LogP contribution in [0, 0.1) is 6.92 Å². The number of benzene rings is 4. The van der Waals surface area contributed by atoms with Gasteiger partial charge in [0.2, 0.25) is 0 Å². The number of nitrogens with one attached hydrogen (secondary N) is 2. The minimum absolute atomic E-state index is 0.136. The van der Waals surface area contributed by atoms with Gasteiger partial charge in [-0.2, -0.15) is 0 Å². The molecule has 168 valence electrons. The van der Waals surface area contributed by atoms with E-state index in [1.807, 2.05) is 25.1 Å². The van der Waals surface area contributed by atoms with Gasteiger partial charge in [-0.25, -0.2) is 16.8 Å². The van der Waals surface area contributed by atoms with Gasteiger partial charge in [0.15, 0.2) is 0 Å². The Morgan fingerprint density at radius 3 is 1.48 bits per heavy atom. The number of para-hydroxylation sites is 2. The van der Waals surface area contributed by atoms with Crippen LogP contribution in [0.25, 0.3) is 11.1 Å². The van der Waals surface area contributed by atoms with Crippen LogP contribution >= 0.6 is 0 Å². The Kier molecular flexibility index (Phi) is 6.22. The average Bonchev–Trinajstić information content (AvgIpc) is 2.81. The van der Waals surface area contributed by atoms with E-state index in [0.29, 0.717) is 11.4 Å². The van der Waals surface area contributed by atoms with E-state index in [4.69, 9.17) is 0 Å². The number of hydrogen-bond acceptors (Lipinski definition) is 4. The van der Waals surface area contributed by atoms with Crippen molar-refractivity contribution in [1.82, 2.24) is 0 Å². The molecule has 4 aromatic carbocycles. The monoisotopic (exact) mass is 478 g/mol. The van der Waals surface area contributed by atoms with Crippen molar-refractivity contribution in [2.24, 2.45) is 0 Å². The molecular weight excluding hydrogens is 456 g/mol. The first-order valence-corrected chi connectivity index (χ1v) is 13.1. The third-order valence-corrected chi connectivity index (χ3v) is 7.86. The first-order chi connectivity index (χ1) is 15.7. The number of rotatable bonds is 7. The number of sulfonamides is 2. The van der Waals surface area contributed by atoms with Crippen LogP contribution in [-0.2, 0) is 20.0 Å². The largest absolute Gasteiger partial charge is 0.280 e. The second-order valence-corrected chi connectivity index (χ2v) is 10.8. The van der Waals surface area contributed by atoms with Crippen LogP contribution in [0.5, 0.6) is 0 Å². The van der Waals surface area contributed by atoms with Crippen LogP contribution in [0.3, 0.4) is 0 Å². The summed E-state index contributed by atoms with van der Waals surface area (Å²) in [4.78, 5) is 0.275. The fourth-order valence-corrected chi connectivity index (χ4v) is 5.45. The molecule has 4 aromatic rings. The Hall–Kier alpha value is -3.62. The molecule has 6 nitrogen and oxygen atoms in total. The van der Waals surface area contributed by atoms with E-state index >= 15 is 0 Å². The quantitative estimate of drug-likeness (QED) is 0.379. The van der Waals surface area contributed by atoms with Crippen LogP contribution in [0.4, 0.5) is 11.4 Å². The minimum atomic E-state index is -3.73. The number of aryl methyl sites for hydroxylation is 1. The SMILES string of the molecule is Cc1ccccc1NS(=O)(=O)c1ccc(-c2ccc(S(=O)(=O)Nc3ccccc3)cc2)cc1. The zero-order valence-electron chi connectivity index (χ0n) is 17.8. The van der Waals surface area contributed by atoms with E-state index in [1.165, 1.54) is 24.3 Å². The smallest absolute Gasteiger partial charge is 0.261 e. The summed E-state index contributed by atoms with van der Waals surface area (Å²) < 4.78 is 55.8. The lowest BCUT2D eigenvalue weighted by Gasteiger charge is -2.11. The van der Waals surface area contributed by atoms with Crippen molar-refractivity contribution < 1.29 is 16.8 Å². The molecule has 0 aromatic heterocycles. The number of anilines is 2. The molecule has 8 heteroatoms. The fraction of sp³-hybridized carbons (Fsp3) is 0.0400. The molecule has 0 aliphatic carbocycles. The van der Waals surface area contributed by atoms with Gasteiger partial charge in [-0.1, -0.05) is 60.7 Å². The van der Waals surface area contributed by atoms with Crippen LogP contribution in [0.2, 0.25) is 0 Å². The Labute approximate surface area is 194 Å². The summed E-state index contributed by atoms with van der Waals surface area (Å²) in [6.07, 6.45) is 0. The highest BCUT2D eigenvalue weighted by Crippen LogP contribution is 2.25. The molecule has 0 aliphatic rings. The van der Waals surface area contributed by atoms with Gasteiger partial charge in [0.05, 0.1) is 15.5 Å². The molecule has 0 atom stereocenters. The molecular formula is C25H22N2O4S2. The van der Waals surface area contributed by atoms with E-state index in [2.05, 4.69) is 9.44 Å². The van der Waals surface area contributed by atoms with Gasteiger partial charge in [0.1, 0.15) is 0 Å². The average molecular weight is 479 g/mol. The van der Waals surface area contributed by atoms with Gasteiger partial charge in [0.25, 0.3) is 20.0 Å². The van der Waals surface area contributed by atoms with Crippen LogP contribution < -0.4 is 9.44 Å². The van der Waals surface area contributed by atoms with Gasteiger partial charge in [-0.15, -0.1) is 0 Å². The van der Waals surface area contributed by atoms with Gasteiger partial charge in [-0.05, 0) is 66.1 Å². The molecule has 0 saturated heterocycles. The molecule has 0 amide bonds. The third-order valence-electron chi connectivity index (χ3n) is 5.08. The lowest BCUT2D eigenvalue weighted by molar-refractivity contribution is 0.599. The van der Waals surface area contributed by atoms with Gasteiger partial charge < -0.3 is 0 Å². The van der Waals surface area contributed by atoms with E-state index in [9.17, 15) is 16.8 Å². The molecule has 0 saturated carbocycles. The van der Waals surface area contributed by atoms with Gasteiger partial charge in [-0.3, -0.25) is 9.44 Å². The molecule has 0 bridgehead atoms. The predicted molar refractivity (Wildman–Crippen MR) is 131 cm³/mol. The molecule has 0 fully saturated rings. The maximum atomic E-state index is 12.7. The first-order valence-electron chi connectivity index (χ1n) is 10.1. The van der Waals surface area contributed by atoms with E-state index in [-0.39, 0.29) is 9.79 Å². The van der Waals surface area contributed by atoms with Crippen molar-refractivity contribution in [3.63, 3.8) is 0 Å². The zero-order chi connectivity index (χ0) is 23.5. The standard InChI is InChI=1S/C25H22N2O4S2/c1-19-7-5-6-10-25(19)27-33(30,31)24-17-13-21(14-18-24)20-11-15-23(16-12-20)32(28,29)26-22-8-3-2-4-9-22/h2-18,26-27H,1H3. The Morgan fingerprint density at radius 2 is 0.970 bits per heavy atom. The molecule has 0 unspecified atom stereocenters. The predicted octanol–water partition coefficient (Wildman–Crippen LogP) is 5.26. The maximum Gasteiger partial charge on any atom is 0.261 e. The second-order valence-electron chi connectivity index (χ2n) is 7.44. The Bertz CT molecular complexity index is 1470. The maximum absolute atomic E-state index is 12.7. The Balaban J connectivity index is 1.52. The summed E-state index contributed by atoms with van der Waals surface area (Å²) in [6, 6.07) is 28.7. The van der Waals surface area contributed by atoms with Crippen LogP contribution in [0.1, 0.15) is 5.56 Å². The third kappa shape index (κ3) is 5.24. The molecule has 0 heterocycles. The summed E-state index contributed by atoms with van der Waals surface area (Å²) in [7, 11) is -7.44. The Morgan fingerprint density at radius 1 is 0.515 bits per heavy atom. The van der Waals surface area contributed by atoms with Gasteiger partial charge >= 0.3 is 0 Å². The summed E-state index contributed by atoms with van der Waals surface area (Å²) in [6.45, 7) is 1.83. The highest BCUT2D eigenvalue weighted by molar-refractivity contribution is 7.93. The molecule has 2 N–H and O–H groups in total. The lowest BCUT2D eigenvalue weighted by atomic mass is 10.1. The van der Waals surface area contributed by atoms with E-state index < -0.39 is 20.0 Å². The molecule has 0 radical (unpaired) electrons. The molecule has 33 heavy (non-hydrogen) atoms. The summed E-state index contributed by atoms with van der Waals surface area (Å²) in [5.74, 6) is 0. The first kappa shape index (κ1) is 22.6. The topological polar surface area (TPSA) is 92.3 Å². The van der Waals surface area contributed by atoms with Crippen LogP contribution in [0.15, 0.2) is 113 Å². The highest BCUT2D eigenvalue weighted by atomic mass is 32.2. The molecule has 0 spiro atoms. The summed E-state index contributed by atoms with van der Waals surface area (Å²) in [5, 5.41) is 0. The van der Waals surface area contributed by atoms with Crippen LogP contribution in [-0.4, -0.2) is 16.8 Å².